The molecule has 3 amide bonds. The van der Waals surface area contributed by atoms with E-state index in [1.807, 2.05) is 0 Å². The van der Waals surface area contributed by atoms with Crippen LogP contribution in [0, 0.1) is 5.92 Å². The van der Waals surface area contributed by atoms with Crippen molar-refractivity contribution in [2.75, 3.05) is 13.1 Å². The molecule has 0 aliphatic rings. The molecule has 3 unspecified atom stereocenters. The van der Waals surface area contributed by atoms with Crippen molar-refractivity contribution in [3.05, 3.63) is 0 Å². The summed E-state index contributed by atoms with van der Waals surface area (Å²) in [4.78, 5) is 51.1. The number of nitrogens with two attached hydrogens (primary N) is 3. The highest BCUT2D eigenvalue weighted by Gasteiger charge is 2.28. The van der Waals surface area contributed by atoms with E-state index < -0.39 is 41.8 Å². The molecule has 28 heavy (non-hydrogen) atoms. The number of carboxylic acids is 1. The second kappa shape index (κ2) is 12.5. The van der Waals surface area contributed by atoms with Crippen LogP contribution in [0.4, 0.5) is 0 Å². The van der Waals surface area contributed by atoms with E-state index in [1.165, 1.54) is 6.92 Å². The number of guanidine groups is 1. The molecule has 0 heterocycles. The number of carboxylic acid groups (broad SMARTS) is 1. The second-order valence-electron chi connectivity index (χ2n) is 6.57. The molecule has 10 N–H and O–H groups in total. The van der Waals surface area contributed by atoms with Gasteiger partial charge in [-0.3, -0.25) is 19.4 Å². The number of hydrogen-bond donors (Lipinski definition) is 7. The van der Waals surface area contributed by atoms with Crippen LogP contribution in [-0.2, 0) is 19.2 Å². The molecule has 0 aliphatic heterocycles. The van der Waals surface area contributed by atoms with Crippen molar-refractivity contribution in [3.8, 4) is 0 Å². The Kier molecular flexibility index (Phi) is 11.2. The predicted molar refractivity (Wildman–Crippen MR) is 103 cm³/mol. The van der Waals surface area contributed by atoms with Gasteiger partial charge in [-0.05, 0) is 25.7 Å². The zero-order valence-electron chi connectivity index (χ0n) is 16.4. The fraction of sp³-hybridized carbons (Fsp3) is 0.688. The van der Waals surface area contributed by atoms with E-state index in [2.05, 4.69) is 20.9 Å². The molecule has 0 rings (SSSR count). The van der Waals surface area contributed by atoms with Gasteiger partial charge in [-0.1, -0.05) is 13.8 Å². The van der Waals surface area contributed by atoms with Gasteiger partial charge in [0.1, 0.15) is 18.1 Å². The lowest BCUT2D eigenvalue weighted by Gasteiger charge is -2.24. The van der Waals surface area contributed by atoms with Gasteiger partial charge in [0.2, 0.25) is 17.7 Å². The van der Waals surface area contributed by atoms with Gasteiger partial charge >= 0.3 is 5.97 Å². The third kappa shape index (κ3) is 9.71. The molecular formula is C16H31N7O5. The third-order valence-electron chi connectivity index (χ3n) is 3.76. The van der Waals surface area contributed by atoms with Gasteiger partial charge in [-0.15, -0.1) is 0 Å². The summed E-state index contributed by atoms with van der Waals surface area (Å²) in [7, 11) is 0. The number of aliphatic imine (C=N–C) groups is 1. The summed E-state index contributed by atoms with van der Waals surface area (Å²) in [5.41, 5.74) is 15.6. The van der Waals surface area contributed by atoms with Crippen LogP contribution in [0.25, 0.3) is 0 Å². The molecule has 160 valence electrons. The van der Waals surface area contributed by atoms with Gasteiger partial charge in [0.25, 0.3) is 0 Å². The van der Waals surface area contributed by atoms with Crippen LogP contribution in [0.1, 0.15) is 33.6 Å². The number of carbonyl (C=O) groups is 4. The first-order valence-corrected chi connectivity index (χ1v) is 8.87. The number of carbonyl (C=O) groups excluding carboxylic acids is 3. The molecule has 12 nitrogen and oxygen atoms in total. The Morgan fingerprint density at radius 2 is 1.61 bits per heavy atom. The maximum Gasteiger partial charge on any atom is 0.326 e. The number of aliphatic carboxylic acids is 1. The van der Waals surface area contributed by atoms with E-state index in [0.29, 0.717) is 6.42 Å². The minimum Gasteiger partial charge on any atom is -0.480 e. The predicted octanol–water partition coefficient (Wildman–Crippen LogP) is -2.79. The summed E-state index contributed by atoms with van der Waals surface area (Å²) in [5.74, 6) is -3.31. The summed E-state index contributed by atoms with van der Waals surface area (Å²) in [6.45, 7) is 4.82. The summed E-state index contributed by atoms with van der Waals surface area (Å²) < 4.78 is 0. The van der Waals surface area contributed by atoms with Crippen LogP contribution in [0.15, 0.2) is 4.99 Å². The Morgan fingerprint density at radius 3 is 2.07 bits per heavy atom. The van der Waals surface area contributed by atoms with E-state index in [-0.39, 0.29) is 31.4 Å². The molecular weight excluding hydrogens is 370 g/mol. The molecule has 12 heteroatoms. The molecule has 0 aromatic carbocycles. The zero-order valence-corrected chi connectivity index (χ0v) is 16.4. The van der Waals surface area contributed by atoms with Gasteiger partial charge in [-0.2, -0.15) is 0 Å². The fourth-order valence-electron chi connectivity index (χ4n) is 2.19. The van der Waals surface area contributed by atoms with Crippen LogP contribution in [0.3, 0.4) is 0 Å². The van der Waals surface area contributed by atoms with E-state index >= 15 is 0 Å². The Bertz CT molecular complexity index is 590. The first-order valence-electron chi connectivity index (χ1n) is 8.87. The Labute approximate surface area is 163 Å². The lowest BCUT2D eigenvalue weighted by atomic mass is 10.0. The van der Waals surface area contributed by atoms with Crippen molar-refractivity contribution in [2.24, 2.45) is 28.1 Å². The van der Waals surface area contributed by atoms with Crippen molar-refractivity contribution < 1.29 is 24.3 Å². The highest BCUT2D eigenvalue weighted by Crippen LogP contribution is 2.03. The average molecular weight is 401 g/mol. The van der Waals surface area contributed by atoms with Crippen LogP contribution < -0.4 is 33.2 Å². The van der Waals surface area contributed by atoms with E-state index in [4.69, 9.17) is 17.2 Å². The maximum absolute atomic E-state index is 12.3. The van der Waals surface area contributed by atoms with E-state index in [0.717, 1.165) is 0 Å². The lowest BCUT2D eigenvalue weighted by Crippen LogP contribution is -2.56. The van der Waals surface area contributed by atoms with Gasteiger partial charge in [0, 0.05) is 6.54 Å². The van der Waals surface area contributed by atoms with Crippen molar-refractivity contribution in [1.82, 2.24) is 16.0 Å². The maximum atomic E-state index is 12.3. The summed E-state index contributed by atoms with van der Waals surface area (Å²) in [6, 6.07) is -3.04. The topological polar surface area (TPSA) is 215 Å². The first kappa shape index (κ1) is 25.1. The molecule has 0 aromatic rings. The van der Waals surface area contributed by atoms with Crippen LogP contribution in [0.2, 0.25) is 0 Å². The molecule has 0 bridgehead atoms. The lowest BCUT2D eigenvalue weighted by molar-refractivity contribution is -0.142. The quantitative estimate of drug-likeness (QED) is 0.103. The number of rotatable bonds is 12. The molecule has 0 radical (unpaired) electrons. The highest BCUT2D eigenvalue weighted by atomic mass is 16.4. The van der Waals surface area contributed by atoms with Crippen molar-refractivity contribution >= 4 is 29.7 Å². The number of hydrogen-bond acceptors (Lipinski definition) is 6. The normalized spacial score (nSPS) is 13.8. The van der Waals surface area contributed by atoms with Gasteiger partial charge in [0.15, 0.2) is 5.96 Å². The van der Waals surface area contributed by atoms with Crippen LogP contribution in [-0.4, -0.2) is 66.0 Å². The largest absolute Gasteiger partial charge is 0.480 e. The third-order valence-corrected chi connectivity index (χ3v) is 3.76. The summed E-state index contributed by atoms with van der Waals surface area (Å²) in [6.07, 6.45) is 0.454. The Hall–Kier alpha value is -2.89. The van der Waals surface area contributed by atoms with E-state index in [1.54, 1.807) is 13.8 Å². The number of amides is 3. The molecule has 3 atom stereocenters. The Balaban J connectivity index is 4.79. The summed E-state index contributed by atoms with van der Waals surface area (Å²) in [5, 5.41) is 16.5. The van der Waals surface area contributed by atoms with Crippen LogP contribution >= 0.6 is 0 Å². The SMILES string of the molecule is CC(NC(=O)C(NC(=O)CN)C(C)C)C(=O)NC(CCCN=C(N)N)C(=O)O. The average Bonchev–Trinajstić information content (AvgIpc) is 2.60. The summed E-state index contributed by atoms with van der Waals surface area (Å²) >= 11 is 0. The number of nitrogens with one attached hydrogen (secondary N) is 3. The molecule has 0 fully saturated rings. The molecule has 0 saturated carbocycles. The second-order valence-corrected chi connectivity index (χ2v) is 6.57. The molecule has 0 spiro atoms. The highest BCUT2D eigenvalue weighted by molar-refractivity contribution is 5.93. The van der Waals surface area contributed by atoms with Crippen molar-refractivity contribution in [2.45, 2.75) is 51.7 Å². The number of nitrogens with zero attached hydrogens (tertiary/aromatic N) is 1. The van der Waals surface area contributed by atoms with Gasteiger partial charge in [0.05, 0.1) is 6.54 Å². The molecule has 0 aliphatic carbocycles. The minimum atomic E-state index is -1.22. The minimum absolute atomic E-state index is 0.103. The monoisotopic (exact) mass is 401 g/mol. The van der Waals surface area contributed by atoms with Crippen molar-refractivity contribution in [3.63, 3.8) is 0 Å². The Morgan fingerprint density at radius 1 is 1.00 bits per heavy atom. The molecule has 0 saturated heterocycles. The fourth-order valence-corrected chi connectivity index (χ4v) is 2.19. The van der Waals surface area contributed by atoms with Gasteiger partial charge in [-0.25, -0.2) is 4.79 Å². The molecule has 0 aromatic heterocycles. The van der Waals surface area contributed by atoms with Crippen molar-refractivity contribution in [1.29, 1.82) is 0 Å². The van der Waals surface area contributed by atoms with Crippen LogP contribution in [0.5, 0.6) is 0 Å². The van der Waals surface area contributed by atoms with Gasteiger partial charge < -0.3 is 38.3 Å². The zero-order chi connectivity index (χ0) is 21.9. The van der Waals surface area contributed by atoms with E-state index in [9.17, 15) is 24.3 Å². The smallest absolute Gasteiger partial charge is 0.326 e. The standard InChI is InChI=1S/C16H31N7O5/c1-8(2)12(23-11(24)7-17)14(26)21-9(3)13(25)22-10(15(27)28)5-4-6-20-16(18)19/h8-10,12H,4-7,17H2,1-3H3,(H,21,26)(H,22,25)(H,23,24)(H,27,28)(H4,18,19,20). The first-order chi connectivity index (χ1) is 13.0.